The maximum absolute atomic E-state index is 4.66. The van der Waals surface area contributed by atoms with E-state index in [0.29, 0.717) is 11.8 Å². The first kappa shape index (κ1) is 13.5. The molecule has 0 aliphatic carbocycles. The third-order valence-electron chi connectivity index (χ3n) is 3.72. The van der Waals surface area contributed by atoms with E-state index in [1.165, 1.54) is 30.5 Å². The van der Waals surface area contributed by atoms with E-state index in [9.17, 15) is 0 Å². The molecule has 1 heterocycles. The van der Waals surface area contributed by atoms with Gasteiger partial charge in [0.15, 0.2) is 0 Å². The van der Waals surface area contributed by atoms with Gasteiger partial charge in [-0.15, -0.1) is 0 Å². The van der Waals surface area contributed by atoms with Crippen LogP contribution in [-0.4, -0.2) is 12.3 Å². The van der Waals surface area contributed by atoms with Crippen molar-refractivity contribution in [3.8, 4) is 0 Å². The lowest BCUT2D eigenvalue weighted by molar-refractivity contribution is 0.313. The largest absolute Gasteiger partial charge is 0.294 e. The summed E-state index contributed by atoms with van der Waals surface area (Å²) < 4.78 is 0. The summed E-state index contributed by atoms with van der Waals surface area (Å²) in [6.07, 6.45) is 4.74. The summed E-state index contributed by atoms with van der Waals surface area (Å²) in [4.78, 5) is 4.66. The molecule has 1 nitrogen and oxygen atoms in total. The molecule has 0 aromatic rings. The van der Waals surface area contributed by atoms with E-state index in [4.69, 9.17) is 0 Å². The minimum atomic E-state index is 0.674. The average molecular weight is 221 g/mol. The summed E-state index contributed by atoms with van der Waals surface area (Å²) in [5.41, 5.74) is 2.87. The van der Waals surface area contributed by atoms with Gasteiger partial charge in [0.1, 0.15) is 0 Å². The van der Waals surface area contributed by atoms with Crippen LogP contribution in [0.1, 0.15) is 53.4 Å². The Morgan fingerprint density at radius 2 is 2.12 bits per heavy atom. The Kier molecular flexibility index (Phi) is 5.24. The molecular formula is C15H27N. The van der Waals surface area contributed by atoms with Crippen molar-refractivity contribution in [1.82, 2.24) is 0 Å². The Hall–Kier alpha value is -0.590. The minimum Gasteiger partial charge on any atom is -0.294 e. The van der Waals surface area contributed by atoms with Crippen LogP contribution in [-0.2, 0) is 0 Å². The van der Waals surface area contributed by atoms with Gasteiger partial charge in [0, 0.05) is 12.3 Å². The lowest BCUT2D eigenvalue weighted by Gasteiger charge is -2.29. The van der Waals surface area contributed by atoms with E-state index in [2.05, 4.69) is 39.3 Å². The first-order chi connectivity index (χ1) is 7.60. The highest BCUT2D eigenvalue weighted by molar-refractivity contribution is 5.85. The van der Waals surface area contributed by atoms with Gasteiger partial charge in [0.25, 0.3) is 0 Å². The van der Waals surface area contributed by atoms with Gasteiger partial charge in [-0.2, -0.15) is 0 Å². The molecule has 1 aliphatic rings. The van der Waals surface area contributed by atoms with E-state index in [1.54, 1.807) is 0 Å². The van der Waals surface area contributed by atoms with E-state index >= 15 is 0 Å². The first-order valence-electron chi connectivity index (χ1n) is 6.79. The number of allylic oxidation sites excluding steroid dienone is 1. The van der Waals surface area contributed by atoms with Gasteiger partial charge in [-0.3, -0.25) is 4.99 Å². The molecule has 1 aliphatic heterocycles. The standard InChI is InChI=1S/C15H27N/c1-6-8-12(5)15(11(3)4)13-9-14(7-2)16-10-13/h11,13,15H,5-10H2,1-4H3. The highest BCUT2D eigenvalue weighted by Crippen LogP contribution is 2.35. The van der Waals surface area contributed by atoms with E-state index < -0.39 is 0 Å². The Morgan fingerprint density at radius 3 is 2.56 bits per heavy atom. The van der Waals surface area contributed by atoms with E-state index in [0.717, 1.165) is 18.9 Å². The van der Waals surface area contributed by atoms with Crippen molar-refractivity contribution in [3.63, 3.8) is 0 Å². The maximum Gasteiger partial charge on any atom is 0.0426 e. The molecule has 92 valence electrons. The second kappa shape index (κ2) is 6.22. The van der Waals surface area contributed by atoms with Crippen LogP contribution >= 0.6 is 0 Å². The number of hydrogen-bond donors (Lipinski definition) is 0. The van der Waals surface area contributed by atoms with Gasteiger partial charge < -0.3 is 0 Å². The zero-order valence-electron chi connectivity index (χ0n) is 11.4. The maximum atomic E-state index is 4.66. The Morgan fingerprint density at radius 1 is 1.44 bits per heavy atom. The third-order valence-corrected chi connectivity index (χ3v) is 3.72. The van der Waals surface area contributed by atoms with Crippen molar-refractivity contribution >= 4 is 5.71 Å². The molecule has 0 spiro atoms. The average Bonchev–Trinajstić information content (AvgIpc) is 2.66. The smallest absolute Gasteiger partial charge is 0.0426 e. The zero-order valence-corrected chi connectivity index (χ0v) is 11.4. The lowest BCUT2D eigenvalue weighted by Crippen LogP contribution is -2.23. The van der Waals surface area contributed by atoms with Crippen molar-refractivity contribution in [3.05, 3.63) is 12.2 Å². The molecule has 0 fully saturated rings. The van der Waals surface area contributed by atoms with Crippen LogP contribution in [0.4, 0.5) is 0 Å². The van der Waals surface area contributed by atoms with Gasteiger partial charge in [-0.05, 0) is 37.0 Å². The van der Waals surface area contributed by atoms with Crippen LogP contribution in [0.5, 0.6) is 0 Å². The van der Waals surface area contributed by atoms with Crippen molar-refractivity contribution in [1.29, 1.82) is 0 Å². The lowest BCUT2D eigenvalue weighted by atomic mass is 9.76. The predicted octanol–water partition coefficient (Wildman–Crippen LogP) is 4.49. The fourth-order valence-electron chi connectivity index (χ4n) is 3.01. The van der Waals surface area contributed by atoms with Crippen LogP contribution in [0.2, 0.25) is 0 Å². The fourth-order valence-corrected chi connectivity index (χ4v) is 3.01. The summed E-state index contributed by atoms with van der Waals surface area (Å²) in [6.45, 7) is 14.5. The summed E-state index contributed by atoms with van der Waals surface area (Å²) in [5.74, 6) is 2.11. The summed E-state index contributed by atoms with van der Waals surface area (Å²) in [7, 11) is 0. The van der Waals surface area contributed by atoms with Gasteiger partial charge in [0.05, 0.1) is 0 Å². The number of aliphatic imine (C=N–C) groups is 1. The minimum absolute atomic E-state index is 0.674. The number of nitrogens with zero attached hydrogens (tertiary/aromatic N) is 1. The molecule has 0 bridgehead atoms. The molecule has 2 atom stereocenters. The van der Waals surface area contributed by atoms with Crippen LogP contribution in [0, 0.1) is 17.8 Å². The SMILES string of the molecule is C=C(CCC)C(C(C)C)C1CN=C(CC)C1. The topological polar surface area (TPSA) is 12.4 Å². The highest BCUT2D eigenvalue weighted by atomic mass is 14.8. The molecule has 16 heavy (non-hydrogen) atoms. The number of hydrogen-bond acceptors (Lipinski definition) is 1. The van der Waals surface area contributed by atoms with Gasteiger partial charge >= 0.3 is 0 Å². The molecule has 0 aromatic carbocycles. The van der Waals surface area contributed by atoms with Crippen LogP contribution < -0.4 is 0 Å². The second-order valence-corrected chi connectivity index (χ2v) is 5.40. The Balaban J connectivity index is 2.63. The summed E-state index contributed by atoms with van der Waals surface area (Å²) in [6, 6.07) is 0. The Bertz CT molecular complexity index is 263. The molecule has 0 saturated carbocycles. The van der Waals surface area contributed by atoms with Crippen LogP contribution in [0.25, 0.3) is 0 Å². The molecule has 0 N–H and O–H groups in total. The summed E-state index contributed by atoms with van der Waals surface area (Å²) >= 11 is 0. The van der Waals surface area contributed by atoms with Crippen LogP contribution in [0.3, 0.4) is 0 Å². The van der Waals surface area contributed by atoms with Gasteiger partial charge in [-0.25, -0.2) is 0 Å². The normalized spacial score (nSPS) is 22.3. The predicted molar refractivity (Wildman–Crippen MR) is 73.1 cm³/mol. The van der Waals surface area contributed by atoms with E-state index in [1.807, 2.05) is 0 Å². The van der Waals surface area contributed by atoms with Crippen molar-refractivity contribution in [2.45, 2.75) is 53.4 Å². The summed E-state index contributed by atoms with van der Waals surface area (Å²) in [5, 5.41) is 0. The zero-order chi connectivity index (χ0) is 12.1. The third kappa shape index (κ3) is 3.20. The monoisotopic (exact) mass is 221 g/mol. The molecule has 1 heteroatoms. The van der Waals surface area contributed by atoms with Crippen LogP contribution in [0.15, 0.2) is 17.1 Å². The van der Waals surface area contributed by atoms with Gasteiger partial charge in [0.2, 0.25) is 0 Å². The van der Waals surface area contributed by atoms with Crippen molar-refractivity contribution in [2.75, 3.05) is 6.54 Å². The van der Waals surface area contributed by atoms with Crippen molar-refractivity contribution < 1.29 is 0 Å². The molecule has 0 amide bonds. The highest BCUT2D eigenvalue weighted by Gasteiger charge is 2.29. The second-order valence-electron chi connectivity index (χ2n) is 5.40. The quantitative estimate of drug-likeness (QED) is 0.586. The molecule has 1 rings (SSSR count). The fraction of sp³-hybridized carbons (Fsp3) is 0.800. The molecular weight excluding hydrogens is 194 g/mol. The molecule has 0 saturated heterocycles. The molecule has 0 radical (unpaired) electrons. The Labute approximate surface area is 101 Å². The van der Waals surface area contributed by atoms with Gasteiger partial charge in [-0.1, -0.05) is 46.3 Å². The van der Waals surface area contributed by atoms with Crippen molar-refractivity contribution in [2.24, 2.45) is 22.7 Å². The molecule has 2 unspecified atom stereocenters. The molecule has 0 aromatic heterocycles. The number of rotatable bonds is 6. The first-order valence-corrected chi connectivity index (χ1v) is 6.79. The van der Waals surface area contributed by atoms with E-state index in [-0.39, 0.29) is 0 Å².